The van der Waals surface area contributed by atoms with Gasteiger partial charge in [-0.2, -0.15) is 5.48 Å². The first-order valence-corrected chi connectivity index (χ1v) is 3.30. The molecule has 9 heavy (non-hydrogen) atoms. The Morgan fingerprint density at radius 1 is 1.67 bits per heavy atom. The molecule has 0 aliphatic rings. The highest BCUT2D eigenvalue weighted by Gasteiger charge is 1.91. The van der Waals surface area contributed by atoms with Gasteiger partial charge in [0.1, 0.15) is 0 Å². The Kier molecular flexibility index (Phi) is 5.93. The van der Waals surface area contributed by atoms with Crippen LogP contribution in [0.5, 0.6) is 0 Å². The van der Waals surface area contributed by atoms with E-state index in [-0.39, 0.29) is 6.10 Å². The molecule has 0 spiro atoms. The molecule has 3 heteroatoms. The van der Waals surface area contributed by atoms with Crippen molar-refractivity contribution in [3.63, 3.8) is 0 Å². The van der Waals surface area contributed by atoms with Gasteiger partial charge in [-0.25, -0.2) is 0 Å². The average molecular weight is 133 g/mol. The SMILES string of the molecule is CCCONC[C@@H](C)O. The van der Waals surface area contributed by atoms with Crippen molar-refractivity contribution in [1.82, 2.24) is 5.48 Å². The third-order valence-corrected chi connectivity index (χ3v) is 0.787. The monoisotopic (exact) mass is 133 g/mol. The molecule has 2 N–H and O–H groups in total. The van der Waals surface area contributed by atoms with Gasteiger partial charge < -0.3 is 9.94 Å². The van der Waals surface area contributed by atoms with Crippen LogP contribution < -0.4 is 5.48 Å². The highest BCUT2D eigenvalue weighted by Crippen LogP contribution is 1.77. The van der Waals surface area contributed by atoms with Crippen molar-refractivity contribution in [1.29, 1.82) is 0 Å². The molecule has 0 aromatic heterocycles. The summed E-state index contributed by atoms with van der Waals surface area (Å²) in [4.78, 5) is 4.88. The number of hydrogen-bond acceptors (Lipinski definition) is 3. The van der Waals surface area contributed by atoms with Gasteiger partial charge in [-0.3, -0.25) is 0 Å². The van der Waals surface area contributed by atoms with E-state index in [2.05, 4.69) is 5.48 Å². The van der Waals surface area contributed by atoms with E-state index in [1.54, 1.807) is 6.92 Å². The highest BCUT2D eigenvalue weighted by molar-refractivity contribution is 4.43. The van der Waals surface area contributed by atoms with Crippen LogP contribution in [0.2, 0.25) is 0 Å². The summed E-state index contributed by atoms with van der Waals surface area (Å²) >= 11 is 0. The summed E-state index contributed by atoms with van der Waals surface area (Å²) in [5, 5.41) is 8.71. The fraction of sp³-hybridized carbons (Fsp3) is 1.00. The lowest BCUT2D eigenvalue weighted by Crippen LogP contribution is -2.24. The van der Waals surface area contributed by atoms with Crippen molar-refractivity contribution < 1.29 is 9.94 Å². The van der Waals surface area contributed by atoms with Crippen LogP contribution in [0.15, 0.2) is 0 Å². The maximum absolute atomic E-state index is 8.71. The molecule has 0 unspecified atom stereocenters. The molecular weight excluding hydrogens is 118 g/mol. The zero-order chi connectivity index (χ0) is 7.11. The van der Waals surface area contributed by atoms with Crippen LogP contribution in [-0.4, -0.2) is 24.4 Å². The lowest BCUT2D eigenvalue weighted by molar-refractivity contribution is 0.0180. The van der Waals surface area contributed by atoms with Gasteiger partial charge in [-0.05, 0) is 13.3 Å². The Morgan fingerprint density at radius 3 is 2.78 bits per heavy atom. The molecule has 0 aromatic rings. The molecule has 56 valence electrons. The Bertz CT molecular complexity index is 57.0. The van der Waals surface area contributed by atoms with E-state index in [0.717, 1.165) is 6.42 Å². The second-order valence-corrected chi connectivity index (χ2v) is 2.05. The molecule has 0 aromatic carbocycles. The number of rotatable bonds is 5. The lowest BCUT2D eigenvalue weighted by Gasteiger charge is -2.05. The minimum Gasteiger partial charge on any atom is -0.392 e. The van der Waals surface area contributed by atoms with Gasteiger partial charge in [-0.1, -0.05) is 6.92 Å². The van der Waals surface area contributed by atoms with Crippen molar-refractivity contribution >= 4 is 0 Å². The predicted molar refractivity (Wildman–Crippen MR) is 35.9 cm³/mol. The highest BCUT2D eigenvalue weighted by atomic mass is 16.6. The van der Waals surface area contributed by atoms with E-state index in [4.69, 9.17) is 9.94 Å². The van der Waals surface area contributed by atoms with Gasteiger partial charge in [-0.15, -0.1) is 0 Å². The first-order valence-electron chi connectivity index (χ1n) is 3.30. The van der Waals surface area contributed by atoms with Crippen LogP contribution in [0.3, 0.4) is 0 Å². The van der Waals surface area contributed by atoms with E-state index in [1.165, 1.54) is 0 Å². The van der Waals surface area contributed by atoms with E-state index >= 15 is 0 Å². The molecule has 0 saturated carbocycles. The third-order valence-electron chi connectivity index (χ3n) is 0.787. The van der Waals surface area contributed by atoms with Crippen molar-refractivity contribution in [2.45, 2.75) is 26.4 Å². The molecule has 1 atom stereocenters. The van der Waals surface area contributed by atoms with Crippen molar-refractivity contribution in [3.05, 3.63) is 0 Å². The maximum atomic E-state index is 8.71. The van der Waals surface area contributed by atoms with Gasteiger partial charge in [0.25, 0.3) is 0 Å². The maximum Gasteiger partial charge on any atom is 0.0679 e. The largest absolute Gasteiger partial charge is 0.392 e. The van der Waals surface area contributed by atoms with Gasteiger partial charge in [0, 0.05) is 6.54 Å². The lowest BCUT2D eigenvalue weighted by atomic mass is 10.4. The Morgan fingerprint density at radius 2 is 2.33 bits per heavy atom. The minimum atomic E-state index is -0.332. The fourth-order valence-corrected chi connectivity index (χ4v) is 0.354. The molecule has 0 aliphatic heterocycles. The first kappa shape index (κ1) is 8.88. The van der Waals surface area contributed by atoms with Crippen molar-refractivity contribution in [2.24, 2.45) is 0 Å². The predicted octanol–water partition coefficient (Wildman–Crippen LogP) is 0.298. The molecule has 0 rings (SSSR count). The number of aliphatic hydroxyl groups excluding tert-OH is 1. The molecule has 0 aliphatic carbocycles. The van der Waals surface area contributed by atoms with Crippen molar-refractivity contribution in [3.8, 4) is 0 Å². The summed E-state index contributed by atoms with van der Waals surface area (Å²) in [5.74, 6) is 0. The summed E-state index contributed by atoms with van der Waals surface area (Å²) in [7, 11) is 0. The molecule has 0 bridgehead atoms. The standard InChI is InChI=1S/C6H15NO2/c1-3-4-9-7-5-6(2)8/h6-8H,3-5H2,1-2H3/t6-/m1/s1. The summed E-state index contributed by atoms with van der Waals surface area (Å²) in [6.07, 6.45) is 0.661. The van der Waals surface area contributed by atoms with E-state index in [0.29, 0.717) is 13.2 Å². The summed E-state index contributed by atoms with van der Waals surface area (Å²) in [5.41, 5.74) is 2.64. The number of hydroxylamine groups is 1. The Balaban J connectivity index is 2.75. The van der Waals surface area contributed by atoms with E-state index in [1.807, 2.05) is 6.92 Å². The van der Waals surface area contributed by atoms with Crippen LogP contribution in [0.4, 0.5) is 0 Å². The second-order valence-electron chi connectivity index (χ2n) is 2.05. The Hall–Kier alpha value is -0.120. The molecular formula is C6H15NO2. The quantitative estimate of drug-likeness (QED) is 0.418. The molecule has 0 radical (unpaired) electrons. The van der Waals surface area contributed by atoms with Crippen LogP contribution in [-0.2, 0) is 4.84 Å². The van der Waals surface area contributed by atoms with Gasteiger partial charge >= 0.3 is 0 Å². The third kappa shape index (κ3) is 7.88. The zero-order valence-corrected chi connectivity index (χ0v) is 6.05. The first-order chi connectivity index (χ1) is 4.27. The number of nitrogens with one attached hydrogen (secondary N) is 1. The van der Waals surface area contributed by atoms with Gasteiger partial charge in [0.05, 0.1) is 12.7 Å². The summed E-state index contributed by atoms with van der Waals surface area (Å²) < 4.78 is 0. The molecule has 0 fully saturated rings. The van der Waals surface area contributed by atoms with Crippen LogP contribution in [0, 0.1) is 0 Å². The molecule has 0 amide bonds. The van der Waals surface area contributed by atoms with Crippen LogP contribution in [0.1, 0.15) is 20.3 Å². The smallest absolute Gasteiger partial charge is 0.0679 e. The molecule has 0 saturated heterocycles. The second kappa shape index (κ2) is 6.01. The van der Waals surface area contributed by atoms with Crippen LogP contribution >= 0.6 is 0 Å². The molecule has 0 heterocycles. The number of hydrogen-bond donors (Lipinski definition) is 2. The topological polar surface area (TPSA) is 41.5 Å². The summed E-state index contributed by atoms with van der Waals surface area (Å²) in [6, 6.07) is 0. The zero-order valence-electron chi connectivity index (χ0n) is 6.05. The fourth-order valence-electron chi connectivity index (χ4n) is 0.354. The van der Waals surface area contributed by atoms with Crippen LogP contribution in [0.25, 0.3) is 0 Å². The van der Waals surface area contributed by atoms with Gasteiger partial charge in [0.2, 0.25) is 0 Å². The number of aliphatic hydroxyl groups is 1. The summed E-state index contributed by atoms with van der Waals surface area (Å²) in [6.45, 7) is 4.94. The normalized spacial score (nSPS) is 13.7. The van der Waals surface area contributed by atoms with E-state index < -0.39 is 0 Å². The Labute approximate surface area is 56.0 Å². The minimum absolute atomic E-state index is 0.332. The molecule has 3 nitrogen and oxygen atoms in total. The average Bonchev–Trinajstić information content (AvgIpc) is 1.80. The van der Waals surface area contributed by atoms with Crippen molar-refractivity contribution in [2.75, 3.05) is 13.2 Å². The van der Waals surface area contributed by atoms with E-state index in [9.17, 15) is 0 Å². The van der Waals surface area contributed by atoms with Gasteiger partial charge in [0.15, 0.2) is 0 Å².